The van der Waals surface area contributed by atoms with Gasteiger partial charge in [0, 0.05) is 18.3 Å². The molecule has 0 atom stereocenters. The van der Waals surface area contributed by atoms with E-state index >= 15 is 0 Å². The van der Waals surface area contributed by atoms with E-state index in [1.807, 2.05) is 42.5 Å². The molecule has 0 radical (unpaired) electrons. The van der Waals surface area contributed by atoms with Crippen LogP contribution in [-0.4, -0.2) is 24.0 Å². The molecular formula is C21H19N3O2S. The fourth-order valence-electron chi connectivity index (χ4n) is 2.80. The van der Waals surface area contributed by atoms with Crippen molar-refractivity contribution in [1.29, 1.82) is 0 Å². The number of nitrogens with one attached hydrogen (secondary N) is 3. The van der Waals surface area contributed by atoms with Gasteiger partial charge < -0.3 is 16.0 Å². The van der Waals surface area contributed by atoms with Gasteiger partial charge in [0.15, 0.2) is 5.11 Å². The molecule has 2 amide bonds. The summed E-state index contributed by atoms with van der Waals surface area (Å²) < 4.78 is 0. The number of hydrogen-bond donors (Lipinski definition) is 3. The average Bonchev–Trinajstić information content (AvgIpc) is 2.68. The second-order valence-corrected chi connectivity index (χ2v) is 6.38. The summed E-state index contributed by atoms with van der Waals surface area (Å²) in [5, 5.41) is 10.6. The Morgan fingerprint density at radius 1 is 0.926 bits per heavy atom. The topological polar surface area (TPSA) is 70.2 Å². The Kier molecular flexibility index (Phi) is 5.78. The molecule has 6 heteroatoms. The molecule has 0 spiro atoms. The largest absolute Gasteiger partial charge is 0.355 e. The van der Waals surface area contributed by atoms with Gasteiger partial charge in [-0.2, -0.15) is 0 Å². The van der Waals surface area contributed by atoms with E-state index in [9.17, 15) is 9.59 Å². The number of anilines is 1. The van der Waals surface area contributed by atoms with Crippen LogP contribution in [0.4, 0.5) is 5.69 Å². The van der Waals surface area contributed by atoms with Gasteiger partial charge >= 0.3 is 0 Å². The number of amides is 2. The van der Waals surface area contributed by atoms with E-state index in [0.29, 0.717) is 11.3 Å². The third kappa shape index (κ3) is 4.68. The van der Waals surface area contributed by atoms with Crippen molar-refractivity contribution in [3.63, 3.8) is 0 Å². The van der Waals surface area contributed by atoms with Gasteiger partial charge in [-0.3, -0.25) is 9.59 Å². The van der Waals surface area contributed by atoms with Crippen LogP contribution < -0.4 is 16.0 Å². The predicted octanol–water partition coefficient (Wildman–Crippen LogP) is 3.26. The first kappa shape index (κ1) is 18.5. The number of carbonyl (C=O) groups is 2. The summed E-state index contributed by atoms with van der Waals surface area (Å²) in [6.45, 7) is 0. The van der Waals surface area contributed by atoms with Gasteiger partial charge in [0.1, 0.15) is 0 Å². The normalized spacial score (nSPS) is 10.3. The Morgan fingerprint density at radius 2 is 1.63 bits per heavy atom. The van der Waals surface area contributed by atoms with Crippen LogP contribution in [0.2, 0.25) is 0 Å². The molecule has 0 heterocycles. The number of thiocarbonyl (C=S) groups is 1. The van der Waals surface area contributed by atoms with E-state index in [1.54, 1.807) is 31.3 Å². The molecule has 0 bridgehead atoms. The highest BCUT2D eigenvalue weighted by Gasteiger charge is 2.09. The van der Waals surface area contributed by atoms with Crippen LogP contribution >= 0.6 is 12.2 Å². The summed E-state index contributed by atoms with van der Waals surface area (Å²) in [5.74, 6) is -0.349. The molecular weight excluding hydrogens is 358 g/mol. The standard InChI is InChI=1S/C21H19N3O2S/c1-22-20(26)15-9-11-17(12-10-15)23-21(27)24-19(25)13-16-7-4-6-14-5-2-3-8-18(14)16/h2-12H,13H2,1H3,(H,22,26)(H2,23,24,25,27). The van der Waals surface area contributed by atoms with Gasteiger partial charge in [-0.05, 0) is 52.8 Å². The molecule has 3 N–H and O–H groups in total. The molecule has 3 rings (SSSR count). The zero-order valence-corrected chi connectivity index (χ0v) is 15.6. The molecule has 0 aliphatic heterocycles. The van der Waals surface area contributed by atoms with Crippen molar-refractivity contribution in [2.24, 2.45) is 0 Å². The number of benzene rings is 3. The third-order valence-corrected chi connectivity index (χ3v) is 4.32. The first-order valence-electron chi connectivity index (χ1n) is 8.46. The van der Waals surface area contributed by atoms with Gasteiger partial charge in [-0.1, -0.05) is 42.5 Å². The maximum absolute atomic E-state index is 12.3. The Morgan fingerprint density at radius 3 is 2.37 bits per heavy atom. The minimum Gasteiger partial charge on any atom is -0.355 e. The molecule has 0 fully saturated rings. The van der Waals surface area contributed by atoms with E-state index in [-0.39, 0.29) is 23.3 Å². The maximum Gasteiger partial charge on any atom is 0.251 e. The second kappa shape index (κ2) is 8.42. The molecule has 0 aliphatic carbocycles. The average molecular weight is 377 g/mol. The van der Waals surface area contributed by atoms with Gasteiger partial charge in [-0.25, -0.2) is 0 Å². The van der Waals surface area contributed by atoms with Crippen molar-refractivity contribution >= 4 is 45.6 Å². The number of carbonyl (C=O) groups excluding carboxylic acids is 2. The van der Waals surface area contributed by atoms with E-state index < -0.39 is 0 Å². The summed E-state index contributed by atoms with van der Waals surface area (Å²) in [6.07, 6.45) is 0.235. The number of hydrogen-bond acceptors (Lipinski definition) is 3. The van der Waals surface area contributed by atoms with Gasteiger partial charge in [-0.15, -0.1) is 0 Å². The second-order valence-electron chi connectivity index (χ2n) is 5.97. The maximum atomic E-state index is 12.3. The fourth-order valence-corrected chi connectivity index (χ4v) is 3.03. The molecule has 3 aromatic rings. The quantitative estimate of drug-likeness (QED) is 0.611. The lowest BCUT2D eigenvalue weighted by Crippen LogP contribution is -2.35. The zero-order valence-electron chi connectivity index (χ0n) is 14.8. The van der Waals surface area contributed by atoms with E-state index in [0.717, 1.165) is 16.3 Å². The number of fused-ring (bicyclic) bond motifs is 1. The summed E-state index contributed by atoms with van der Waals surface area (Å²) >= 11 is 5.21. The van der Waals surface area contributed by atoms with E-state index in [2.05, 4.69) is 16.0 Å². The van der Waals surface area contributed by atoms with Crippen molar-refractivity contribution in [1.82, 2.24) is 10.6 Å². The Labute approximate surface area is 162 Å². The van der Waals surface area contributed by atoms with Gasteiger partial charge in [0.05, 0.1) is 6.42 Å². The van der Waals surface area contributed by atoms with Crippen LogP contribution in [0.3, 0.4) is 0 Å². The Balaban J connectivity index is 1.60. The highest BCUT2D eigenvalue weighted by atomic mass is 32.1. The lowest BCUT2D eigenvalue weighted by molar-refractivity contribution is -0.119. The minimum absolute atomic E-state index is 0.160. The molecule has 0 aliphatic rings. The lowest BCUT2D eigenvalue weighted by Gasteiger charge is -2.11. The van der Waals surface area contributed by atoms with Crippen LogP contribution in [0, 0.1) is 0 Å². The molecule has 0 aromatic heterocycles. The highest BCUT2D eigenvalue weighted by molar-refractivity contribution is 7.80. The van der Waals surface area contributed by atoms with Crippen LogP contribution in [0.15, 0.2) is 66.7 Å². The molecule has 27 heavy (non-hydrogen) atoms. The third-order valence-electron chi connectivity index (χ3n) is 4.12. The van der Waals surface area contributed by atoms with Crippen molar-refractivity contribution in [2.45, 2.75) is 6.42 Å². The van der Waals surface area contributed by atoms with Crippen molar-refractivity contribution < 1.29 is 9.59 Å². The van der Waals surface area contributed by atoms with Crippen molar-refractivity contribution in [3.05, 3.63) is 77.9 Å². The smallest absolute Gasteiger partial charge is 0.251 e. The van der Waals surface area contributed by atoms with E-state index in [4.69, 9.17) is 12.2 Å². The first-order chi connectivity index (χ1) is 13.1. The summed E-state index contributed by atoms with van der Waals surface area (Å²) in [5.41, 5.74) is 2.19. The molecule has 136 valence electrons. The zero-order chi connectivity index (χ0) is 19.2. The molecule has 0 saturated carbocycles. The molecule has 0 unspecified atom stereocenters. The van der Waals surface area contributed by atoms with Crippen molar-refractivity contribution in [2.75, 3.05) is 12.4 Å². The van der Waals surface area contributed by atoms with Gasteiger partial charge in [0.2, 0.25) is 5.91 Å². The lowest BCUT2D eigenvalue weighted by atomic mass is 10.0. The van der Waals surface area contributed by atoms with Crippen LogP contribution in [0.1, 0.15) is 15.9 Å². The van der Waals surface area contributed by atoms with Gasteiger partial charge in [0.25, 0.3) is 5.91 Å². The monoisotopic (exact) mass is 377 g/mol. The fraction of sp³-hybridized carbons (Fsp3) is 0.0952. The Bertz CT molecular complexity index is 994. The van der Waals surface area contributed by atoms with Crippen LogP contribution in [-0.2, 0) is 11.2 Å². The predicted molar refractivity (Wildman–Crippen MR) is 112 cm³/mol. The van der Waals surface area contributed by atoms with Crippen LogP contribution in [0.25, 0.3) is 10.8 Å². The molecule has 3 aromatic carbocycles. The van der Waals surface area contributed by atoms with Crippen molar-refractivity contribution in [3.8, 4) is 0 Å². The molecule has 0 saturated heterocycles. The SMILES string of the molecule is CNC(=O)c1ccc(NC(=S)NC(=O)Cc2cccc3ccccc23)cc1. The van der Waals surface area contributed by atoms with Crippen LogP contribution in [0.5, 0.6) is 0 Å². The number of rotatable bonds is 4. The molecule has 5 nitrogen and oxygen atoms in total. The summed E-state index contributed by atoms with van der Waals surface area (Å²) in [4.78, 5) is 23.9. The summed E-state index contributed by atoms with van der Waals surface area (Å²) in [6, 6.07) is 20.7. The van der Waals surface area contributed by atoms with E-state index in [1.165, 1.54) is 0 Å². The summed E-state index contributed by atoms with van der Waals surface area (Å²) in [7, 11) is 1.58. The first-order valence-corrected chi connectivity index (χ1v) is 8.87. The Hall–Kier alpha value is -3.25. The highest BCUT2D eigenvalue weighted by Crippen LogP contribution is 2.18. The minimum atomic E-state index is -0.189.